The lowest BCUT2D eigenvalue weighted by Gasteiger charge is -2.10. The summed E-state index contributed by atoms with van der Waals surface area (Å²) < 4.78 is 27.0. The third kappa shape index (κ3) is 4.05. The minimum atomic E-state index is -3.49. The van der Waals surface area contributed by atoms with Crippen LogP contribution in [0.1, 0.15) is 23.2 Å². The molecule has 1 amide bonds. The summed E-state index contributed by atoms with van der Waals surface area (Å²) in [5, 5.41) is 6.79. The number of nitrogens with one attached hydrogen (secondary N) is 4. The maximum absolute atomic E-state index is 12.5. The Balaban J connectivity index is 1.41. The molecule has 1 aromatic heterocycles. The highest BCUT2D eigenvalue weighted by Gasteiger charge is 2.27. The van der Waals surface area contributed by atoms with Crippen LogP contribution in [0.15, 0.2) is 65.7 Å². The summed E-state index contributed by atoms with van der Waals surface area (Å²) in [7, 11) is -3.49. The molecule has 0 saturated heterocycles. The number of hydrazine groups is 1. The lowest BCUT2D eigenvalue weighted by Crippen LogP contribution is -2.29. The van der Waals surface area contributed by atoms with Crippen molar-refractivity contribution < 1.29 is 13.2 Å². The van der Waals surface area contributed by atoms with E-state index in [4.69, 9.17) is 0 Å². The van der Waals surface area contributed by atoms with Gasteiger partial charge in [-0.2, -0.15) is 5.10 Å². The first-order valence-electron chi connectivity index (χ1n) is 8.80. The molecule has 0 bridgehead atoms. The van der Waals surface area contributed by atoms with Crippen molar-refractivity contribution in [1.29, 1.82) is 0 Å². The van der Waals surface area contributed by atoms with Crippen molar-refractivity contribution in [2.24, 2.45) is 0 Å². The summed E-state index contributed by atoms with van der Waals surface area (Å²) in [6, 6.07) is 15.6. The smallest absolute Gasteiger partial charge is 0.273 e. The van der Waals surface area contributed by atoms with Gasteiger partial charge in [0.15, 0.2) is 0 Å². The molecule has 3 aromatic rings. The number of hydrogen-bond donors (Lipinski definition) is 4. The number of H-pyrrole nitrogens is 1. The second-order valence-corrected chi connectivity index (χ2v) is 8.24. The van der Waals surface area contributed by atoms with Crippen molar-refractivity contribution in [1.82, 2.24) is 20.3 Å². The Labute approximate surface area is 162 Å². The summed E-state index contributed by atoms with van der Waals surface area (Å²) in [6.45, 7) is 0. The summed E-state index contributed by atoms with van der Waals surface area (Å²) in [5.74, 6) is -0.361. The third-order valence-corrected chi connectivity index (χ3v) is 5.87. The molecule has 0 spiro atoms. The number of aromatic nitrogens is 2. The second-order valence-electron chi connectivity index (χ2n) is 6.52. The van der Waals surface area contributed by atoms with Crippen molar-refractivity contribution in [2.45, 2.75) is 23.8 Å². The van der Waals surface area contributed by atoms with Crippen LogP contribution >= 0.6 is 0 Å². The highest BCUT2D eigenvalue weighted by Crippen LogP contribution is 2.23. The molecule has 28 heavy (non-hydrogen) atoms. The van der Waals surface area contributed by atoms with E-state index in [1.165, 1.54) is 18.3 Å². The van der Waals surface area contributed by atoms with Gasteiger partial charge < -0.3 is 0 Å². The van der Waals surface area contributed by atoms with Gasteiger partial charge in [-0.15, -0.1) is 0 Å². The van der Waals surface area contributed by atoms with Gasteiger partial charge in [0.2, 0.25) is 10.0 Å². The lowest BCUT2D eigenvalue weighted by atomic mass is 10.1. The number of anilines is 1. The summed E-state index contributed by atoms with van der Waals surface area (Å²) in [4.78, 5) is 12.7. The highest BCUT2D eigenvalue weighted by molar-refractivity contribution is 7.89. The van der Waals surface area contributed by atoms with Crippen molar-refractivity contribution in [2.75, 3.05) is 5.43 Å². The Hall–Kier alpha value is -3.17. The second kappa shape index (κ2) is 7.45. The molecule has 1 aliphatic rings. The van der Waals surface area contributed by atoms with Crippen LogP contribution in [0.5, 0.6) is 0 Å². The van der Waals surface area contributed by atoms with E-state index in [1.807, 2.05) is 30.3 Å². The number of benzene rings is 2. The molecular weight excluding hydrogens is 378 g/mol. The fraction of sp³-hybridized carbons (Fsp3) is 0.158. The summed E-state index contributed by atoms with van der Waals surface area (Å²) >= 11 is 0. The number of aromatic amines is 1. The normalized spacial score (nSPS) is 13.9. The number of amides is 1. The average molecular weight is 397 g/mol. The van der Waals surface area contributed by atoms with Gasteiger partial charge in [0, 0.05) is 11.6 Å². The van der Waals surface area contributed by atoms with Crippen LogP contribution in [-0.2, 0) is 10.0 Å². The van der Waals surface area contributed by atoms with E-state index in [1.54, 1.807) is 12.1 Å². The van der Waals surface area contributed by atoms with Gasteiger partial charge >= 0.3 is 0 Å². The largest absolute Gasteiger partial charge is 0.298 e. The van der Waals surface area contributed by atoms with Gasteiger partial charge in [-0.1, -0.05) is 30.3 Å². The van der Waals surface area contributed by atoms with Crippen LogP contribution in [0, 0.1) is 0 Å². The zero-order valence-corrected chi connectivity index (χ0v) is 15.7. The quantitative estimate of drug-likeness (QED) is 0.457. The van der Waals surface area contributed by atoms with Crippen molar-refractivity contribution in [3.63, 3.8) is 0 Å². The molecule has 9 heteroatoms. The van der Waals surface area contributed by atoms with E-state index in [2.05, 4.69) is 25.8 Å². The Kier molecular flexibility index (Phi) is 4.84. The number of nitrogens with zero attached hydrogens (tertiary/aromatic N) is 1. The van der Waals surface area contributed by atoms with Crippen LogP contribution in [0.4, 0.5) is 5.69 Å². The van der Waals surface area contributed by atoms with Crippen LogP contribution in [-0.4, -0.2) is 30.6 Å². The number of carbonyl (C=O) groups is 1. The Morgan fingerprint density at radius 2 is 1.75 bits per heavy atom. The minimum Gasteiger partial charge on any atom is -0.298 e. The fourth-order valence-electron chi connectivity index (χ4n) is 2.69. The van der Waals surface area contributed by atoms with Gasteiger partial charge in [0.05, 0.1) is 28.0 Å². The van der Waals surface area contributed by atoms with E-state index in [-0.39, 0.29) is 16.8 Å². The van der Waals surface area contributed by atoms with Gasteiger partial charge in [-0.25, -0.2) is 13.1 Å². The predicted molar refractivity (Wildman–Crippen MR) is 105 cm³/mol. The Morgan fingerprint density at radius 1 is 1.04 bits per heavy atom. The predicted octanol–water partition coefficient (Wildman–Crippen LogP) is 2.27. The maximum Gasteiger partial charge on any atom is 0.273 e. The molecule has 144 valence electrons. The average Bonchev–Trinajstić information content (AvgIpc) is 3.37. The number of rotatable bonds is 7. The van der Waals surface area contributed by atoms with E-state index in [0.29, 0.717) is 16.9 Å². The molecule has 0 unspecified atom stereocenters. The molecular formula is C19H19N5O3S. The molecule has 4 N–H and O–H groups in total. The lowest BCUT2D eigenvalue weighted by molar-refractivity contribution is 0.0963. The van der Waals surface area contributed by atoms with Gasteiger partial charge in [-0.3, -0.25) is 20.7 Å². The molecule has 1 aliphatic carbocycles. The number of carbonyl (C=O) groups excluding carboxylic acids is 1. The number of hydrogen-bond acceptors (Lipinski definition) is 5. The molecule has 1 heterocycles. The SMILES string of the molecule is O=C(NNc1ccc(S(=O)(=O)NC2CC2)cc1)c1cn[nH]c1-c1ccccc1. The Bertz CT molecular complexity index is 1070. The molecule has 1 fully saturated rings. The van der Waals surface area contributed by atoms with Crippen LogP contribution < -0.4 is 15.6 Å². The van der Waals surface area contributed by atoms with Gasteiger partial charge in [0.1, 0.15) is 0 Å². The Morgan fingerprint density at radius 3 is 2.43 bits per heavy atom. The monoisotopic (exact) mass is 397 g/mol. The molecule has 0 atom stereocenters. The molecule has 2 aromatic carbocycles. The first-order chi connectivity index (χ1) is 13.5. The van der Waals surface area contributed by atoms with Crippen LogP contribution in [0.2, 0.25) is 0 Å². The maximum atomic E-state index is 12.5. The van der Waals surface area contributed by atoms with E-state index < -0.39 is 10.0 Å². The molecule has 4 rings (SSSR count). The van der Waals surface area contributed by atoms with Gasteiger partial charge in [-0.05, 0) is 37.1 Å². The third-order valence-electron chi connectivity index (χ3n) is 4.33. The highest BCUT2D eigenvalue weighted by atomic mass is 32.2. The molecule has 0 radical (unpaired) electrons. The zero-order valence-electron chi connectivity index (χ0n) is 14.8. The van der Waals surface area contributed by atoms with Crippen molar-refractivity contribution in [3.8, 4) is 11.3 Å². The van der Waals surface area contributed by atoms with Crippen LogP contribution in [0.3, 0.4) is 0 Å². The number of sulfonamides is 1. The molecule has 1 saturated carbocycles. The fourth-order valence-corrected chi connectivity index (χ4v) is 3.99. The van der Waals surface area contributed by atoms with Crippen LogP contribution in [0.25, 0.3) is 11.3 Å². The van der Waals surface area contributed by atoms with Crippen molar-refractivity contribution in [3.05, 3.63) is 66.4 Å². The molecule has 0 aliphatic heterocycles. The van der Waals surface area contributed by atoms with E-state index in [9.17, 15) is 13.2 Å². The van der Waals surface area contributed by atoms with Crippen molar-refractivity contribution >= 4 is 21.6 Å². The summed E-state index contributed by atoms with van der Waals surface area (Å²) in [5.41, 5.74) is 7.81. The topological polar surface area (TPSA) is 116 Å². The first-order valence-corrected chi connectivity index (χ1v) is 10.3. The minimum absolute atomic E-state index is 0.0517. The van der Waals surface area contributed by atoms with E-state index >= 15 is 0 Å². The van der Waals surface area contributed by atoms with E-state index in [0.717, 1.165) is 18.4 Å². The zero-order chi connectivity index (χ0) is 19.6. The molecule has 8 nitrogen and oxygen atoms in total. The summed E-state index contributed by atoms with van der Waals surface area (Å²) in [6.07, 6.45) is 3.21. The first kappa shape index (κ1) is 18.2. The standard InChI is InChI=1S/C19H19N5O3S/c25-19(17-12-20-22-18(17)13-4-2-1-3-5-13)23-21-14-8-10-16(11-9-14)28(26,27)24-15-6-7-15/h1-5,8-12,15,21,24H,6-7H2,(H,20,22)(H,23,25). The van der Waals surface area contributed by atoms with Gasteiger partial charge in [0.25, 0.3) is 5.91 Å².